The summed E-state index contributed by atoms with van der Waals surface area (Å²) in [6, 6.07) is 10.4. The largest absolute Gasteiger partial charge is 0.491 e. The molecule has 1 aromatic heterocycles. The van der Waals surface area contributed by atoms with E-state index in [0.717, 1.165) is 0 Å². The summed E-state index contributed by atoms with van der Waals surface area (Å²) in [4.78, 5) is 12.1. The first-order valence-corrected chi connectivity index (χ1v) is 6.42. The van der Waals surface area contributed by atoms with Crippen LogP contribution in [-0.2, 0) is 0 Å². The molecule has 94 valence electrons. The number of carbonyl (C=O) groups is 1. The van der Waals surface area contributed by atoms with Crippen molar-refractivity contribution >= 4 is 21.7 Å². The minimum atomic E-state index is -0.157. The molecule has 2 aromatic rings. The van der Waals surface area contributed by atoms with Crippen molar-refractivity contribution in [1.29, 1.82) is 0 Å². The van der Waals surface area contributed by atoms with Gasteiger partial charge in [-0.15, -0.1) is 0 Å². The third-order valence-electron chi connectivity index (χ3n) is 2.27. The molecule has 4 heteroatoms. The Kier molecular flexibility index (Phi) is 3.87. The molecule has 0 amide bonds. The lowest BCUT2D eigenvalue weighted by atomic mass is 10.1. The third-order valence-corrected chi connectivity index (χ3v) is 2.69. The zero-order valence-corrected chi connectivity index (χ0v) is 11.7. The Hall–Kier alpha value is -1.55. The van der Waals surface area contributed by atoms with Gasteiger partial charge in [-0.1, -0.05) is 12.1 Å². The molecule has 0 radical (unpaired) electrons. The van der Waals surface area contributed by atoms with Crippen LogP contribution in [0.2, 0.25) is 0 Å². The van der Waals surface area contributed by atoms with E-state index >= 15 is 0 Å². The Bertz CT molecular complexity index is 558. The van der Waals surface area contributed by atoms with Crippen LogP contribution >= 0.6 is 15.9 Å². The normalized spacial score (nSPS) is 10.7. The zero-order valence-electron chi connectivity index (χ0n) is 10.1. The van der Waals surface area contributed by atoms with Crippen LogP contribution in [-0.4, -0.2) is 11.9 Å². The quantitative estimate of drug-likeness (QED) is 0.800. The predicted molar refractivity (Wildman–Crippen MR) is 72.0 cm³/mol. The van der Waals surface area contributed by atoms with Crippen molar-refractivity contribution in [1.82, 2.24) is 0 Å². The van der Waals surface area contributed by atoms with E-state index in [0.29, 0.717) is 21.7 Å². The van der Waals surface area contributed by atoms with Gasteiger partial charge in [-0.3, -0.25) is 4.79 Å². The maximum atomic E-state index is 12.1. The van der Waals surface area contributed by atoms with Crippen LogP contribution in [0.25, 0.3) is 0 Å². The molecule has 18 heavy (non-hydrogen) atoms. The van der Waals surface area contributed by atoms with Crippen LogP contribution in [0, 0.1) is 0 Å². The smallest absolute Gasteiger partial charge is 0.228 e. The number of benzene rings is 1. The minimum absolute atomic E-state index is 0.0770. The predicted octanol–water partition coefficient (Wildman–Crippen LogP) is 4.06. The highest BCUT2D eigenvalue weighted by molar-refractivity contribution is 9.10. The molecule has 0 aliphatic heterocycles. The molecule has 0 aliphatic rings. The first kappa shape index (κ1) is 12.9. The Morgan fingerprint density at radius 3 is 2.67 bits per heavy atom. The van der Waals surface area contributed by atoms with Crippen LogP contribution in [0.5, 0.6) is 5.75 Å². The van der Waals surface area contributed by atoms with Crippen LogP contribution < -0.4 is 4.74 Å². The van der Waals surface area contributed by atoms with Gasteiger partial charge in [0.25, 0.3) is 0 Å². The van der Waals surface area contributed by atoms with E-state index in [-0.39, 0.29) is 11.9 Å². The molecule has 0 atom stereocenters. The fraction of sp³-hybridized carbons (Fsp3) is 0.214. The highest BCUT2D eigenvalue weighted by atomic mass is 79.9. The summed E-state index contributed by atoms with van der Waals surface area (Å²) in [5.41, 5.74) is 0.551. The van der Waals surface area contributed by atoms with Gasteiger partial charge in [0.2, 0.25) is 5.78 Å². The molecule has 0 saturated carbocycles. The number of hydrogen-bond donors (Lipinski definition) is 0. The van der Waals surface area contributed by atoms with E-state index in [1.165, 1.54) is 0 Å². The van der Waals surface area contributed by atoms with Gasteiger partial charge in [0, 0.05) is 5.56 Å². The van der Waals surface area contributed by atoms with Gasteiger partial charge < -0.3 is 9.15 Å². The van der Waals surface area contributed by atoms with Crippen molar-refractivity contribution < 1.29 is 13.9 Å². The molecule has 3 nitrogen and oxygen atoms in total. The summed E-state index contributed by atoms with van der Waals surface area (Å²) in [6.45, 7) is 3.89. The molecular weight excluding hydrogens is 296 g/mol. The first-order chi connectivity index (χ1) is 8.56. The highest BCUT2D eigenvalue weighted by Crippen LogP contribution is 2.20. The van der Waals surface area contributed by atoms with E-state index in [2.05, 4.69) is 15.9 Å². The Morgan fingerprint density at radius 2 is 2.06 bits per heavy atom. The fourth-order valence-corrected chi connectivity index (χ4v) is 1.87. The van der Waals surface area contributed by atoms with Gasteiger partial charge in [0.15, 0.2) is 10.4 Å². The molecule has 2 rings (SSSR count). The molecule has 0 aliphatic carbocycles. The highest BCUT2D eigenvalue weighted by Gasteiger charge is 2.14. The summed E-state index contributed by atoms with van der Waals surface area (Å²) < 4.78 is 11.3. The molecule has 0 N–H and O–H groups in total. The van der Waals surface area contributed by atoms with Crippen molar-refractivity contribution in [2.75, 3.05) is 0 Å². The summed E-state index contributed by atoms with van der Waals surface area (Å²) in [5.74, 6) is 0.833. The third kappa shape index (κ3) is 3.01. The van der Waals surface area contributed by atoms with Gasteiger partial charge in [-0.25, -0.2) is 0 Å². The fourth-order valence-electron chi connectivity index (χ4n) is 1.56. The van der Waals surface area contributed by atoms with Crippen molar-refractivity contribution in [3.8, 4) is 5.75 Å². The van der Waals surface area contributed by atoms with Crippen LogP contribution in [0.3, 0.4) is 0 Å². The van der Waals surface area contributed by atoms with Crippen molar-refractivity contribution in [3.05, 3.63) is 52.4 Å². The molecule has 1 aromatic carbocycles. The van der Waals surface area contributed by atoms with Gasteiger partial charge in [-0.05, 0) is 54.0 Å². The average molecular weight is 309 g/mol. The van der Waals surface area contributed by atoms with Crippen molar-refractivity contribution in [3.63, 3.8) is 0 Å². The average Bonchev–Trinajstić information content (AvgIpc) is 2.74. The molecule has 0 fully saturated rings. The number of rotatable bonds is 4. The number of ether oxygens (including phenoxy) is 1. The lowest BCUT2D eigenvalue weighted by Gasteiger charge is -2.10. The molecule has 0 spiro atoms. The van der Waals surface area contributed by atoms with Crippen LogP contribution in [0.1, 0.15) is 30.0 Å². The maximum absolute atomic E-state index is 12.1. The van der Waals surface area contributed by atoms with E-state index in [9.17, 15) is 4.79 Å². The maximum Gasteiger partial charge on any atom is 0.228 e. The minimum Gasteiger partial charge on any atom is -0.491 e. The topological polar surface area (TPSA) is 39.4 Å². The lowest BCUT2D eigenvalue weighted by molar-refractivity contribution is 0.101. The van der Waals surface area contributed by atoms with Gasteiger partial charge in [0.1, 0.15) is 5.75 Å². The standard InChI is InChI=1S/C14H13BrO3/c1-9(2)17-11-5-3-4-10(8-11)14(16)12-6-7-13(15)18-12/h3-9H,1-2H3. The van der Waals surface area contributed by atoms with E-state index in [1.807, 2.05) is 19.9 Å². The Labute approximate surface area is 114 Å². The Morgan fingerprint density at radius 1 is 1.28 bits per heavy atom. The van der Waals surface area contributed by atoms with Crippen molar-refractivity contribution in [2.24, 2.45) is 0 Å². The monoisotopic (exact) mass is 308 g/mol. The molecule has 0 unspecified atom stereocenters. The van der Waals surface area contributed by atoms with Crippen LogP contribution in [0.4, 0.5) is 0 Å². The number of ketones is 1. The summed E-state index contributed by atoms with van der Waals surface area (Å²) in [5, 5.41) is 0. The molecule has 0 saturated heterocycles. The van der Waals surface area contributed by atoms with Crippen LogP contribution in [0.15, 0.2) is 45.5 Å². The number of furan rings is 1. The summed E-state index contributed by atoms with van der Waals surface area (Å²) in [7, 11) is 0. The summed E-state index contributed by atoms with van der Waals surface area (Å²) in [6.07, 6.45) is 0.0770. The lowest BCUT2D eigenvalue weighted by Crippen LogP contribution is -2.06. The summed E-state index contributed by atoms with van der Waals surface area (Å²) >= 11 is 3.18. The molecule has 1 heterocycles. The molecular formula is C14H13BrO3. The Balaban J connectivity index is 2.25. The van der Waals surface area contributed by atoms with Crippen molar-refractivity contribution in [2.45, 2.75) is 20.0 Å². The number of hydrogen-bond acceptors (Lipinski definition) is 3. The zero-order chi connectivity index (χ0) is 13.1. The second-order valence-electron chi connectivity index (χ2n) is 4.13. The number of halogens is 1. The first-order valence-electron chi connectivity index (χ1n) is 5.63. The SMILES string of the molecule is CC(C)Oc1cccc(C(=O)c2ccc(Br)o2)c1. The van der Waals surface area contributed by atoms with E-state index in [1.54, 1.807) is 30.3 Å². The van der Waals surface area contributed by atoms with E-state index in [4.69, 9.17) is 9.15 Å². The second kappa shape index (κ2) is 5.40. The van der Waals surface area contributed by atoms with Gasteiger partial charge >= 0.3 is 0 Å². The number of carbonyl (C=O) groups excluding carboxylic acids is 1. The van der Waals surface area contributed by atoms with E-state index < -0.39 is 0 Å². The van der Waals surface area contributed by atoms with Gasteiger partial charge in [0.05, 0.1) is 6.10 Å². The second-order valence-corrected chi connectivity index (χ2v) is 4.91. The van der Waals surface area contributed by atoms with Gasteiger partial charge in [-0.2, -0.15) is 0 Å². The molecule has 0 bridgehead atoms.